The third-order valence-corrected chi connectivity index (χ3v) is 13.0. The standard InChI is InChI=1S/C51H102N4O5/c1-5-9-13-17-19-23-33-47(31-21-15-11-7-3)45-59-50(57)52-37-27-29-39-54(41-42-55(43-44-56)49-35-25-26-36-49)40-30-28-38-53-51(58)60-46-48(32-22-16-12-8-4)34-24-20-18-14-10-6-2/h47-49,56H,5-46H2,1-4H3,(H,52,57)(H,53,58). The van der Waals surface area contributed by atoms with Crippen LogP contribution in [0.4, 0.5) is 9.59 Å². The van der Waals surface area contributed by atoms with Crippen LogP contribution in [-0.2, 0) is 9.47 Å². The fourth-order valence-corrected chi connectivity index (χ4v) is 9.04. The van der Waals surface area contributed by atoms with Crippen LogP contribution in [0.5, 0.6) is 0 Å². The van der Waals surface area contributed by atoms with E-state index in [2.05, 4.69) is 48.1 Å². The lowest BCUT2D eigenvalue weighted by atomic mass is 9.95. The molecule has 60 heavy (non-hydrogen) atoms. The van der Waals surface area contributed by atoms with Crippen molar-refractivity contribution < 1.29 is 24.2 Å². The number of hydrogen-bond acceptors (Lipinski definition) is 7. The van der Waals surface area contributed by atoms with Gasteiger partial charge in [0.15, 0.2) is 0 Å². The molecule has 2 unspecified atom stereocenters. The third kappa shape index (κ3) is 34.0. The summed E-state index contributed by atoms with van der Waals surface area (Å²) >= 11 is 0. The van der Waals surface area contributed by atoms with Crippen molar-refractivity contribution in [3.63, 3.8) is 0 Å². The summed E-state index contributed by atoms with van der Waals surface area (Å²) in [5, 5.41) is 15.9. The molecule has 9 heteroatoms. The Bertz CT molecular complexity index is 877. The molecular weight excluding hydrogens is 749 g/mol. The van der Waals surface area contributed by atoms with Crippen LogP contribution in [-0.4, -0.2) is 98.8 Å². The summed E-state index contributed by atoms with van der Waals surface area (Å²) in [5.41, 5.74) is 0. The number of alkyl carbamates (subject to hydrolysis) is 2. The Morgan fingerprint density at radius 3 is 1.28 bits per heavy atom. The van der Waals surface area contributed by atoms with Gasteiger partial charge in [0.1, 0.15) is 0 Å². The maximum Gasteiger partial charge on any atom is 0.407 e. The number of aliphatic hydroxyl groups is 1. The lowest BCUT2D eigenvalue weighted by molar-refractivity contribution is 0.119. The molecule has 0 aromatic rings. The van der Waals surface area contributed by atoms with Gasteiger partial charge in [0.25, 0.3) is 0 Å². The molecule has 2 amide bonds. The van der Waals surface area contributed by atoms with Crippen molar-refractivity contribution >= 4 is 12.2 Å². The van der Waals surface area contributed by atoms with Crippen LogP contribution in [0.3, 0.4) is 0 Å². The Hall–Kier alpha value is -1.58. The zero-order valence-electron chi connectivity index (χ0n) is 40.4. The predicted octanol–water partition coefficient (Wildman–Crippen LogP) is 13.2. The van der Waals surface area contributed by atoms with E-state index in [0.29, 0.717) is 44.2 Å². The summed E-state index contributed by atoms with van der Waals surface area (Å²) < 4.78 is 11.5. The van der Waals surface area contributed by atoms with Crippen LogP contribution in [0.25, 0.3) is 0 Å². The molecule has 0 heterocycles. The van der Waals surface area contributed by atoms with Gasteiger partial charge in [0, 0.05) is 38.8 Å². The van der Waals surface area contributed by atoms with E-state index in [4.69, 9.17) is 9.47 Å². The fourth-order valence-electron chi connectivity index (χ4n) is 9.04. The summed E-state index contributed by atoms with van der Waals surface area (Å²) in [6.45, 7) is 16.2. The van der Waals surface area contributed by atoms with Crippen molar-refractivity contribution in [2.75, 3.05) is 65.6 Å². The molecule has 0 bridgehead atoms. The second-order valence-corrected chi connectivity index (χ2v) is 18.5. The van der Waals surface area contributed by atoms with Crippen molar-refractivity contribution in [3.05, 3.63) is 0 Å². The summed E-state index contributed by atoms with van der Waals surface area (Å²) in [7, 11) is 0. The number of ether oxygens (including phenoxy) is 2. The first kappa shape index (κ1) is 56.4. The molecule has 0 spiro atoms. The molecule has 1 aliphatic rings. The number of rotatable bonds is 44. The van der Waals surface area contributed by atoms with Crippen LogP contribution in [0.1, 0.15) is 233 Å². The first-order valence-corrected chi connectivity index (χ1v) is 26.4. The molecular formula is C51H102N4O5. The van der Waals surface area contributed by atoms with Gasteiger partial charge in [-0.3, -0.25) is 4.90 Å². The van der Waals surface area contributed by atoms with Gasteiger partial charge in [-0.15, -0.1) is 0 Å². The number of amides is 2. The Morgan fingerprint density at radius 1 is 0.500 bits per heavy atom. The normalized spacial score (nSPS) is 14.2. The Morgan fingerprint density at radius 2 is 0.883 bits per heavy atom. The largest absolute Gasteiger partial charge is 0.449 e. The average molecular weight is 851 g/mol. The summed E-state index contributed by atoms with van der Waals surface area (Å²) in [6.07, 6.45) is 38.7. The second kappa shape index (κ2) is 42.7. The van der Waals surface area contributed by atoms with Crippen LogP contribution in [0, 0.1) is 11.8 Å². The zero-order chi connectivity index (χ0) is 43.6. The first-order chi connectivity index (χ1) is 29.5. The summed E-state index contributed by atoms with van der Waals surface area (Å²) in [5.74, 6) is 0.944. The van der Waals surface area contributed by atoms with E-state index in [0.717, 1.165) is 84.1 Å². The molecule has 0 saturated heterocycles. The van der Waals surface area contributed by atoms with E-state index in [9.17, 15) is 14.7 Å². The van der Waals surface area contributed by atoms with E-state index in [-0.39, 0.29) is 18.8 Å². The highest BCUT2D eigenvalue weighted by Gasteiger charge is 2.22. The van der Waals surface area contributed by atoms with Gasteiger partial charge in [-0.2, -0.15) is 0 Å². The number of unbranched alkanes of at least 4 members (excludes halogenated alkanes) is 18. The van der Waals surface area contributed by atoms with Gasteiger partial charge in [-0.05, 0) is 89.1 Å². The van der Waals surface area contributed by atoms with Crippen LogP contribution >= 0.6 is 0 Å². The maximum atomic E-state index is 12.7. The summed E-state index contributed by atoms with van der Waals surface area (Å²) in [6, 6.07) is 0.591. The SMILES string of the molecule is CCCCCCCCC(CCCCCC)COC(=O)NCCCCN(CCCCNC(=O)OCC(CCCCCC)CCCCCCCC)CCN(CCO)C1CCCC1. The number of nitrogens with zero attached hydrogens (tertiary/aromatic N) is 2. The van der Waals surface area contributed by atoms with Gasteiger partial charge in [-0.25, -0.2) is 9.59 Å². The number of aliphatic hydroxyl groups excluding tert-OH is 1. The van der Waals surface area contributed by atoms with Gasteiger partial charge in [0.05, 0.1) is 19.8 Å². The monoisotopic (exact) mass is 851 g/mol. The van der Waals surface area contributed by atoms with Gasteiger partial charge in [0.2, 0.25) is 0 Å². The lowest BCUT2D eigenvalue weighted by Crippen LogP contribution is -2.42. The minimum atomic E-state index is -0.268. The first-order valence-electron chi connectivity index (χ1n) is 26.4. The van der Waals surface area contributed by atoms with Crippen molar-refractivity contribution in [2.45, 2.75) is 239 Å². The van der Waals surface area contributed by atoms with Crippen LogP contribution < -0.4 is 10.6 Å². The van der Waals surface area contributed by atoms with Crippen LogP contribution in [0.15, 0.2) is 0 Å². The Labute approximate surface area is 372 Å². The highest BCUT2D eigenvalue weighted by Crippen LogP contribution is 2.24. The smallest absolute Gasteiger partial charge is 0.407 e. The minimum absolute atomic E-state index is 0.206. The molecule has 9 nitrogen and oxygen atoms in total. The Kier molecular flexibility index (Phi) is 40.2. The molecule has 0 aromatic carbocycles. The van der Waals surface area contributed by atoms with E-state index in [1.807, 2.05) is 0 Å². The summed E-state index contributed by atoms with van der Waals surface area (Å²) in [4.78, 5) is 30.4. The van der Waals surface area contributed by atoms with Gasteiger partial charge in [-0.1, -0.05) is 169 Å². The fraction of sp³-hybridized carbons (Fsp3) is 0.961. The number of hydrogen-bond donors (Lipinski definition) is 3. The molecule has 3 N–H and O–H groups in total. The van der Waals surface area contributed by atoms with E-state index < -0.39 is 0 Å². The highest BCUT2D eigenvalue weighted by molar-refractivity contribution is 5.67. The topological polar surface area (TPSA) is 103 Å². The molecule has 1 fully saturated rings. The number of carbonyl (C=O) groups excluding carboxylic acids is 2. The van der Waals surface area contributed by atoms with Gasteiger partial charge < -0.3 is 30.1 Å². The van der Waals surface area contributed by atoms with E-state index >= 15 is 0 Å². The molecule has 356 valence electrons. The molecule has 1 saturated carbocycles. The number of nitrogens with one attached hydrogen (secondary N) is 2. The maximum absolute atomic E-state index is 12.7. The average Bonchev–Trinajstić information content (AvgIpc) is 3.80. The van der Waals surface area contributed by atoms with Crippen molar-refractivity contribution in [2.24, 2.45) is 11.8 Å². The van der Waals surface area contributed by atoms with Crippen LogP contribution in [0.2, 0.25) is 0 Å². The highest BCUT2D eigenvalue weighted by atomic mass is 16.6. The molecule has 1 rings (SSSR count). The molecule has 0 aliphatic heterocycles. The minimum Gasteiger partial charge on any atom is -0.449 e. The van der Waals surface area contributed by atoms with Crippen molar-refractivity contribution in [1.29, 1.82) is 0 Å². The molecule has 0 aromatic heterocycles. The molecule has 2 atom stereocenters. The van der Waals surface area contributed by atoms with Crippen molar-refractivity contribution in [1.82, 2.24) is 20.4 Å². The zero-order valence-corrected chi connectivity index (χ0v) is 40.4. The van der Waals surface area contributed by atoms with E-state index in [1.54, 1.807) is 0 Å². The molecule has 0 radical (unpaired) electrons. The predicted molar refractivity (Wildman–Crippen MR) is 255 cm³/mol. The molecule has 1 aliphatic carbocycles. The quantitative estimate of drug-likeness (QED) is 0.0525. The van der Waals surface area contributed by atoms with Crippen molar-refractivity contribution in [3.8, 4) is 0 Å². The second-order valence-electron chi connectivity index (χ2n) is 18.5. The Balaban J connectivity index is 2.51. The van der Waals surface area contributed by atoms with Gasteiger partial charge >= 0.3 is 12.2 Å². The lowest BCUT2D eigenvalue weighted by Gasteiger charge is -2.31. The number of carbonyl (C=O) groups is 2. The van der Waals surface area contributed by atoms with E-state index in [1.165, 1.54) is 154 Å². The third-order valence-electron chi connectivity index (χ3n) is 13.0.